The van der Waals surface area contributed by atoms with Crippen molar-refractivity contribution in [3.05, 3.63) is 35.4 Å². The minimum atomic E-state index is -0.477. The number of halogens is 1. The van der Waals surface area contributed by atoms with Gasteiger partial charge < -0.3 is 15.4 Å². The minimum absolute atomic E-state index is 0. The lowest BCUT2D eigenvalue weighted by Crippen LogP contribution is -2.42. The molecule has 5 nitrogen and oxygen atoms in total. The number of aryl methyl sites for hydroxylation is 1. The predicted molar refractivity (Wildman–Crippen MR) is 110 cm³/mol. The number of benzene rings is 1. The molecule has 6 heteroatoms. The smallest absolute Gasteiger partial charge is 0.325 e. The fourth-order valence-corrected chi connectivity index (χ4v) is 2.02. The second-order valence-electron chi connectivity index (χ2n) is 6.70. The molecule has 2 N–H and O–H groups in total. The molecule has 0 aliphatic carbocycles. The third kappa shape index (κ3) is 9.10. The monoisotopic (exact) mass is 447 g/mol. The Morgan fingerprint density at radius 1 is 1.21 bits per heavy atom. The van der Waals surface area contributed by atoms with Gasteiger partial charge in [-0.05, 0) is 39.2 Å². The standard InChI is InChI=1S/C18H29N3O2.HI/c1-13-7-9-15(10-8-13)14(2)11-20-17(19-6)21-12-16(22)23-18(3,4)5;/h7-10,14H,11-12H2,1-6H3,(H2,19,20,21);1H. The van der Waals surface area contributed by atoms with Gasteiger partial charge in [0.15, 0.2) is 5.96 Å². The molecular weight excluding hydrogens is 417 g/mol. The molecule has 1 atom stereocenters. The lowest BCUT2D eigenvalue weighted by Gasteiger charge is -2.20. The first-order valence-corrected chi connectivity index (χ1v) is 7.94. The topological polar surface area (TPSA) is 62.7 Å². The predicted octanol–water partition coefficient (Wildman–Crippen LogP) is 3.22. The molecule has 1 rings (SSSR count). The van der Waals surface area contributed by atoms with Crippen LogP contribution in [0.25, 0.3) is 0 Å². The van der Waals surface area contributed by atoms with Crippen molar-refractivity contribution in [3.8, 4) is 0 Å². The molecule has 0 aliphatic heterocycles. The largest absolute Gasteiger partial charge is 0.459 e. The number of rotatable bonds is 5. The number of esters is 1. The number of carbonyl (C=O) groups excluding carboxylic acids is 1. The Kier molecular flexibility index (Phi) is 9.96. The molecule has 0 saturated carbocycles. The van der Waals surface area contributed by atoms with Crippen LogP contribution in [0.4, 0.5) is 0 Å². The van der Waals surface area contributed by atoms with Gasteiger partial charge in [0, 0.05) is 13.6 Å². The van der Waals surface area contributed by atoms with Gasteiger partial charge in [0.2, 0.25) is 0 Å². The van der Waals surface area contributed by atoms with Crippen LogP contribution in [0.1, 0.15) is 44.7 Å². The summed E-state index contributed by atoms with van der Waals surface area (Å²) in [5, 5.41) is 6.20. The van der Waals surface area contributed by atoms with Crippen LogP contribution in [-0.4, -0.2) is 37.7 Å². The number of hydrogen-bond donors (Lipinski definition) is 2. The molecule has 0 bridgehead atoms. The zero-order chi connectivity index (χ0) is 17.5. The molecule has 1 unspecified atom stereocenters. The van der Waals surface area contributed by atoms with Crippen molar-refractivity contribution in [1.82, 2.24) is 10.6 Å². The molecule has 136 valence electrons. The van der Waals surface area contributed by atoms with E-state index in [1.54, 1.807) is 7.05 Å². The van der Waals surface area contributed by atoms with Gasteiger partial charge in [-0.3, -0.25) is 9.79 Å². The molecule has 0 heterocycles. The maximum atomic E-state index is 11.7. The normalized spacial score (nSPS) is 12.8. The summed E-state index contributed by atoms with van der Waals surface area (Å²) in [4.78, 5) is 15.8. The van der Waals surface area contributed by atoms with Crippen LogP contribution in [0, 0.1) is 6.92 Å². The number of ether oxygens (including phenoxy) is 1. The second-order valence-corrected chi connectivity index (χ2v) is 6.70. The van der Waals surface area contributed by atoms with E-state index in [0.29, 0.717) is 11.9 Å². The number of carbonyl (C=O) groups is 1. The van der Waals surface area contributed by atoms with Crippen molar-refractivity contribution in [2.24, 2.45) is 4.99 Å². The van der Waals surface area contributed by atoms with Crippen molar-refractivity contribution >= 4 is 35.9 Å². The van der Waals surface area contributed by atoms with Crippen molar-refractivity contribution in [3.63, 3.8) is 0 Å². The summed E-state index contributed by atoms with van der Waals surface area (Å²) in [6.45, 7) is 10.6. The van der Waals surface area contributed by atoms with Crippen LogP contribution >= 0.6 is 24.0 Å². The Morgan fingerprint density at radius 3 is 2.29 bits per heavy atom. The summed E-state index contributed by atoms with van der Waals surface area (Å²) in [5.41, 5.74) is 2.05. The first-order valence-electron chi connectivity index (χ1n) is 7.94. The summed E-state index contributed by atoms with van der Waals surface area (Å²) in [6, 6.07) is 8.50. The van der Waals surface area contributed by atoms with Gasteiger partial charge in [-0.25, -0.2) is 0 Å². The molecule has 0 aromatic heterocycles. The SMILES string of the molecule is CN=C(NCC(=O)OC(C)(C)C)NCC(C)c1ccc(C)cc1.I. The van der Waals surface area contributed by atoms with Crippen LogP contribution < -0.4 is 10.6 Å². The van der Waals surface area contributed by atoms with E-state index in [0.717, 1.165) is 6.54 Å². The summed E-state index contributed by atoms with van der Waals surface area (Å²) < 4.78 is 5.25. The van der Waals surface area contributed by atoms with Crippen LogP contribution in [0.2, 0.25) is 0 Å². The van der Waals surface area contributed by atoms with Crippen LogP contribution in [-0.2, 0) is 9.53 Å². The van der Waals surface area contributed by atoms with E-state index < -0.39 is 5.60 Å². The average molecular weight is 447 g/mol. The summed E-state index contributed by atoms with van der Waals surface area (Å²) >= 11 is 0. The van der Waals surface area contributed by atoms with E-state index in [-0.39, 0.29) is 36.5 Å². The van der Waals surface area contributed by atoms with Crippen molar-refractivity contribution in [2.75, 3.05) is 20.1 Å². The number of hydrogen-bond acceptors (Lipinski definition) is 3. The van der Waals surface area contributed by atoms with Crippen LogP contribution in [0.15, 0.2) is 29.3 Å². The molecule has 0 spiro atoms. The maximum absolute atomic E-state index is 11.7. The lowest BCUT2D eigenvalue weighted by atomic mass is 10.0. The molecule has 1 aromatic rings. The molecule has 0 radical (unpaired) electrons. The summed E-state index contributed by atoms with van der Waals surface area (Å²) in [5.74, 6) is 0.637. The molecule has 0 aliphatic rings. The Hall–Kier alpha value is -1.31. The number of guanidine groups is 1. The third-order valence-electron chi connectivity index (χ3n) is 3.27. The fraction of sp³-hybridized carbons (Fsp3) is 0.556. The molecule has 0 amide bonds. The summed E-state index contributed by atoms with van der Waals surface area (Å²) in [6.07, 6.45) is 0. The first-order chi connectivity index (χ1) is 10.7. The minimum Gasteiger partial charge on any atom is -0.459 e. The number of nitrogens with zero attached hydrogens (tertiary/aromatic N) is 1. The Morgan fingerprint density at radius 2 is 1.79 bits per heavy atom. The highest BCUT2D eigenvalue weighted by Crippen LogP contribution is 2.14. The van der Waals surface area contributed by atoms with Gasteiger partial charge >= 0.3 is 5.97 Å². The Labute approximate surface area is 162 Å². The van der Waals surface area contributed by atoms with Gasteiger partial charge in [0.1, 0.15) is 12.1 Å². The van der Waals surface area contributed by atoms with E-state index in [1.807, 2.05) is 20.8 Å². The molecule has 24 heavy (non-hydrogen) atoms. The van der Waals surface area contributed by atoms with Crippen molar-refractivity contribution < 1.29 is 9.53 Å². The lowest BCUT2D eigenvalue weighted by molar-refractivity contribution is -0.153. The van der Waals surface area contributed by atoms with E-state index in [4.69, 9.17) is 4.74 Å². The molecule has 1 aromatic carbocycles. The van der Waals surface area contributed by atoms with Gasteiger partial charge in [0.25, 0.3) is 0 Å². The number of nitrogens with one attached hydrogen (secondary N) is 2. The Balaban J connectivity index is 0.00000529. The third-order valence-corrected chi connectivity index (χ3v) is 3.27. The fourth-order valence-electron chi connectivity index (χ4n) is 2.02. The maximum Gasteiger partial charge on any atom is 0.325 e. The van der Waals surface area contributed by atoms with Crippen molar-refractivity contribution in [2.45, 2.75) is 46.1 Å². The highest BCUT2D eigenvalue weighted by Gasteiger charge is 2.16. The van der Waals surface area contributed by atoms with E-state index in [2.05, 4.69) is 53.7 Å². The first kappa shape index (κ1) is 22.7. The number of aliphatic imine (C=N–C) groups is 1. The zero-order valence-electron chi connectivity index (χ0n) is 15.5. The van der Waals surface area contributed by atoms with E-state index >= 15 is 0 Å². The van der Waals surface area contributed by atoms with Gasteiger partial charge in [-0.15, -0.1) is 24.0 Å². The second kappa shape index (κ2) is 10.5. The zero-order valence-corrected chi connectivity index (χ0v) is 17.8. The van der Waals surface area contributed by atoms with E-state index in [9.17, 15) is 4.79 Å². The summed E-state index contributed by atoms with van der Waals surface area (Å²) in [7, 11) is 1.68. The molecule has 0 saturated heterocycles. The van der Waals surface area contributed by atoms with Crippen molar-refractivity contribution in [1.29, 1.82) is 0 Å². The molecule has 0 fully saturated rings. The van der Waals surface area contributed by atoms with E-state index in [1.165, 1.54) is 11.1 Å². The van der Waals surface area contributed by atoms with Gasteiger partial charge in [-0.2, -0.15) is 0 Å². The quantitative estimate of drug-likeness (QED) is 0.315. The van der Waals surface area contributed by atoms with Crippen LogP contribution in [0.3, 0.4) is 0 Å². The van der Waals surface area contributed by atoms with Crippen LogP contribution in [0.5, 0.6) is 0 Å². The highest BCUT2D eigenvalue weighted by atomic mass is 127. The highest BCUT2D eigenvalue weighted by molar-refractivity contribution is 14.0. The molecular formula is C18H30IN3O2. The van der Waals surface area contributed by atoms with Gasteiger partial charge in [-0.1, -0.05) is 36.8 Å². The average Bonchev–Trinajstić information content (AvgIpc) is 2.46. The van der Waals surface area contributed by atoms with Gasteiger partial charge in [0.05, 0.1) is 0 Å². The Bertz CT molecular complexity index is 536.